The first kappa shape index (κ1) is 12.0. The van der Waals surface area contributed by atoms with Gasteiger partial charge in [0.05, 0.1) is 0 Å². The minimum absolute atomic E-state index is 0.128. The standard InChI is InChI=1S/C14H15NOS/c1-9-13(10(2)16)8-17-14(9)12-5-3-11(7-15)4-6-12/h3-6,8H,7,15H2,1-2H3. The molecular weight excluding hydrogens is 230 g/mol. The zero-order valence-corrected chi connectivity index (χ0v) is 10.8. The maximum absolute atomic E-state index is 11.4. The summed E-state index contributed by atoms with van der Waals surface area (Å²) in [4.78, 5) is 12.6. The highest BCUT2D eigenvalue weighted by Crippen LogP contribution is 2.32. The highest BCUT2D eigenvalue weighted by atomic mass is 32.1. The third-order valence-electron chi connectivity index (χ3n) is 2.87. The maximum atomic E-state index is 11.4. The molecule has 0 aliphatic carbocycles. The van der Waals surface area contributed by atoms with E-state index in [4.69, 9.17) is 5.73 Å². The average molecular weight is 245 g/mol. The van der Waals surface area contributed by atoms with Gasteiger partial charge in [0.15, 0.2) is 5.78 Å². The van der Waals surface area contributed by atoms with Crippen molar-refractivity contribution in [2.75, 3.05) is 0 Å². The van der Waals surface area contributed by atoms with E-state index in [1.54, 1.807) is 18.3 Å². The Kier molecular flexibility index (Phi) is 3.41. The number of hydrogen-bond donors (Lipinski definition) is 1. The lowest BCUT2D eigenvalue weighted by atomic mass is 10.0. The zero-order chi connectivity index (χ0) is 12.4. The Morgan fingerprint density at radius 1 is 1.29 bits per heavy atom. The molecule has 0 bridgehead atoms. The fourth-order valence-electron chi connectivity index (χ4n) is 1.84. The van der Waals surface area contributed by atoms with Gasteiger partial charge in [0.25, 0.3) is 0 Å². The molecule has 1 aromatic carbocycles. The summed E-state index contributed by atoms with van der Waals surface area (Å²) in [7, 11) is 0. The van der Waals surface area contributed by atoms with E-state index in [0.717, 1.165) is 22.3 Å². The lowest BCUT2D eigenvalue weighted by molar-refractivity contribution is 0.101. The van der Waals surface area contributed by atoms with Crippen LogP contribution in [0.3, 0.4) is 0 Å². The van der Waals surface area contributed by atoms with Gasteiger partial charge >= 0.3 is 0 Å². The third-order valence-corrected chi connectivity index (χ3v) is 4.00. The van der Waals surface area contributed by atoms with Gasteiger partial charge in [-0.05, 0) is 30.5 Å². The predicted molar refractivity (Wildman–Crippen MR) is 72.4 cm³/mol. The van der Waals surface area contributed by atoms with Crippen molar-refractivity contribution < 1.29 is 4.79 Å². The molecule has 0 aliphatic rings. The van der Waals surface area contributed by atoms with Crippen LogP contribution < -0.4 is 5.73 Å². The molecule has 2 aromatic rings. The fraction of sp³-hybridized carbons (Fsp3) is 0.214. The number of carbonyl (C=O) groups excluding carboxylic acids is 1. The number of carbonyl (C=O) groups is 1. The largest absolute Gasteiger partial charge is 0.326 e. The second-order valence-electron chi connectivity index (χ2n) is 4.06. The molecule has 3 heteroatoms. The van der Waals surface area contributed by atoms with Gasteiger partial charge in [0.2, 0.25) is 0 Å². The zero-order valence-electron chi connectivity index (χ0n) is 9.99. The van der Waals surface area contributed by atoms with Crippen molar-refractivity contribution in [1.29, 1.82) is 0 Å². The monoisotopic (exact) mass is 245 g/mol. The van der Waals surface area contributed by atoms with Gasteiger partial charge in [0.1, 0.15) is 0 Å². The Morgan fingerprint density at radius 3 is 2.41 bits per heavy atom. The minimum atomic E-state index is 0.128. The molecule has 0 aliphatic heterocycles. The number of nitrogens with two attached hydrogens (primary N) is 1. The maximum Gasteiger partial charge on any atom is 0.160 e. The first-order valence-corrected chi connectivity index (χ1v) is 6.40. The number of Topliss-reactive ketones (excluding diaryl/α,β-unsaturated/α-hetero) is 1. The third kappa shape index (κ3) is 2.30. The Bertz CT molecular complexity index is 540. The highest BCUT2D eigenvalue weighted by molar-refractivity contribution is 7.14. The van der Waals surface area contributed by atoms with Gasteiger partial charge in [-0.25, -0.2) is 0 Å². The van der Waals surface area contributed by atoms with Crippen LogP contribution in [0.25, 0.3) is 10.4 Å². The first-order chi connectivity index (χ1) is 8.13. The summed E-state index contributed by atoms with van der Waals surface area (Å²) in [6.07, 6.45) is 0. The molecule has 1 aromatic heterocycles. The smallest absolute Gasteiger partial charge is 0.160 e. The molecule has 0 saturated carbocycles. The van der Waals surface area contributed by atoms with Crippen molar-refractivity contribution in [3.63, 3.8) is 0 Å². The Morgan fingerprint density at radius 2 is 1.94 bits per heavy atom. The van der Waals surface area contributed by atoms with Crippen LogP contribution in [-0.4, -0.2) is 5.78 Å². The Hall–Kier alpha value is -1.45. The van der Waals surface area contributed by atoms with Crippen LogP contribution in [0.4, 0.5) is 0 Å². The van der Waals surface area contributed by atoms with E-state index in [-0.39, 0.29) is 5.78 Å². The summed E-state index contributed by atoms with van der Waals surface area (Å²) in [5, 5.41) is 1.93. The van der Waals surface area contributed by atoms with Gasteiger partial charge in [-0.2, -0.15) is 0 Å². The van der Waals surface area contributed by atoms with E-state index in [1.807, 2.05) is 24.4 Å². The van der Waals surface area contributed by atoms with Gasteiger partial charge in [0, 0.05) is 22.4 Å². The highest BCUT2D eigenvalue weighted by Gasteiger charge is 2.12. The molecule has 0 fully saturated rings. The van der Waals surface area contributed by atoms with Crippen LogP contribution in [0, 0.1) is 6.92 Å². The van der Waals surface area contributed by atoms with E-state index in [0.29, 0.717) is 6.54 Å². The lowest BCUT2D eigenvalue weighted by Crippen LogP contribution is -1.95. The molecule has 2 rings (SSSR count). The normalized spacial score (nSPS) is 10.5. The molecule has 88 valence electrons. The number of ketones is 1. The Labute approximate surface area is 105 Å². The predicted octanol–water partition coefficient (Wildman–Crippen LogP) is 3.38. The van der Waals surface area contributed by atoms with Crippen molar-refractivity contribution in [2.45, 2.75) is 20.4 Å². The molecule has 0 unspecified atom stereocenters. The van der Waals surface area contributed by atoms with Crippen molar-refractivity contribution in [2.24, 2.45) is 5.73 Å². The van der Waals surface area contributed by atoms with Crippen LogP contribution in [0.5, 0.6) is 0 Å². The minimum Gasteiger partial charge on any atom is -0.326 e. The molecule has 0 radical (unpaired) electrons. The molecule has 2 N–H and O–H groups in total. The van der Waals surface area contributed by atoms with Crippen LogP contribution in [0.15, 0.2) is 29.6 Å². The summed E-state index contributed by atoms with van der Waals surface area (Å²) in [5.41, 5.74) is 9.74. The topological polar surface area (TPSA) is 43.1 Å². The number of thiophene rings is 1. The number of rotatable bonds is 3. The van der Waals surface area contributed by atoms with Gasteiger partial charge in [-0.15, -0.1) is 11.3 Å². The summed E-state index contributed by atoms with van der Waals surface area (Å²) in [6.45, 7) is 4.16. The summed E-state index contributed by atoms with van der Waals surface area (Å²) in [5.74, 6) is 0.128. The SMILES string of the molecule is CC(=O)c1csc(-c2ccc(CN)cc2)c1C. The van der Waals surface area contributed by atoms with E-state index >= 15 is 0 Å². The second-order valence-corrected chi connectivity index (χ2v) is 4.94. The quantitative estimate of drug-likeness (QED) is 0.842. The molecular formula is C14H15NOS. The molecule has 2 nitrogen and oxygen atoms in total. The van der Waals surface area contributed by atoms with E-state index in [1.165, 1.54) is 4.88 Å². The van der Waals surface area contributed by atoms with Gasteiger partial charge < -0.3 is 5.73 Å². The molecule has 0 atom stereocenters. The Balaban J connectivity index is 2.42. The van der Waals surface area contributed by atoms with Crippen LogP contribution in [0.2, 0.25) is 0 Å². The van der Waals surface area contributed by atoms with Crippen molar-refractivity contribution in [3.05, 3.63) is 46.3 Å². The molecule has 17 heavy (non-hydrogen) atoms. The summed E-state index contributed by atoms with van der Waals surface area (Å²) >= 11 is 1.62. The molecule has 0 amide bonds. The fourth-order valence-corrected chi connectivity index (χ4v) is 2.98. The number of hydrogen-bond acceptors (Lipinski definition) is 3. The van der Waals surface area contributed by atoms with Crippen LogP contribution >= 0.6 is 11.3 Å². The van der Waals surface area contributed by atoms with Crippen LogP contribution in [0.1, 0.15) is 28.4 Å². The lowest BCUT2D eigenvalue weighted by Gasteiger charge is -2.02. The average Bonchev–Trinajstić information content (AvgIpc) is 2.71. The van der Waals surface area contributed by atoms with Gasteiger partial charge in [-0.3, -0.25) is 4.79 Å². The molecule has 0 spiro atoms. The number of benzene rings is 1. The first-order valence-electron chi connectivity index (χ1n) is 5.52. The summed E-state index contributed by atoms with van der Waals surface area (Å²) < 4.78 is 0. The van der Waals surface area contributed by atoms with Crippen molar-refractivity contribution in [3.8, 4) is 10.4 Å². The van der Waals surface area contributed by atoms with E-state index in [2.05, 4.69) is 12.1 Å². The van der Waals surface area contributed by atoms with Crippen molar-refractivity contribution >= 4 is 17.1 Å². The van der Waals surface area contributed by atoms with Crippen molar-refractivity contribution in [1.82, 2.24) is 0 Å². The second kappa shape index (κ2) is 4.82. The van der Waals surface area contributed by atoms with Gasteiger partial charge in [-0.1, -0.05) is 24.3 Å². The molecule has 1 heterocycles. The molecule has 0 saturated heterocycles. The van der Waals surface area contributed by atoms with Crippen LogP contribution in [-0.2, 0) is 6.54 Å². The van der Waals surface area contributed by atoms with E-state index < -0.39 is 0 Å². The van der Waals surface area contributed by atoms with E-state index in [9.17, 15) is 4.79 Å². The summed E-state index contributed by atoms with van der Waals surface area (Å²) in [6, 6.07) is 8.18.